The van der Waals surface area contributed by atoms with Crippen molar-refractivity contribution in [1.82, 2.24) is 20.6 Å². The number of nitrogens with one attached hydrogen (secondary N) is 1. The van der Waals surface area contributed by atoms with Gasteiger partial charge in [-0.05, 0) is 95.0 Å². The molecule has 35 heavy (non-hydrogen) atoms. The number of H-pyrrole nitrogens is 1. The lowest BCUT2D eigenvalue weighted by molar-refractivity contribution is 0.0991. The van der Waals surface area contributed by atoms with Crippen molar-refractivity contribution in [3.05, 3.63) is 75.6 Å². The Morgan fingerprint density at radius 2 is 1.51 bits per heavy atom. The van der Waals surface area contributed by atoms with Crippen LogP contribution in [-0.2, 0) is 18.3 Å². The number of nitrogens with two attached hydrogens (primary N) is 3. The zero-order chi connectivity index (χ0) is 24.6. The van der Waals surface area contributed by atoms with Gasteiger partial charge in [-0.1, -0.05) is 31.4 Å². The van der Waals surface area contributed by atoms with Gasteiger partial charge in [0.25, 0.3) is 0 Å². The van der Waals surface area contributed by atoms with Crippen LogP contribution in [0.25, 0.3) is 0 Å². The zero-order valence-electron chi connectivity index (χ0n) is 19.7. The van der Waals surface area contributed by atoms with Crippen molar-refractivity contribution in [3.63, 3.8) is 0 Å². The Hall–Kier alpha value is -3.59. The number of primary amides is 2. The summed E-state index contributed by atoms with van der Waals surface area (Å²) in [5.74, 6) is 0.0427. The third-order valence-electron chi connectivity index (χ3n) is 7.91. The summed E-state index contributed by atoms with van der Waals surface area (Å²) in [6.07, 6.45) is 7.73. The summed E-state index contributed by atoms with van der Waals surface area (Å²) in [5.41, 5.74) is 22.3. The molecule has 9 heteroatoms. The number of rotatable bonds is 6. The number of carbonyl (C=O) groups excluding carboxylic acids is 2. The van der Waals surface area contributed by atoms with Crippen LogP contribution < -0.4 is 17.2 Å². The van der Waals surface area contributed by atoms with Crippen LogP contribution >= 0.6 is 0 Å². The van der Waals surface area contributed by atoms with Gasteiger partial charge in [-0.3, -0.25) is 9.59 Å². The highest BCUT2D eigenvalue weighted by molar-refractivity contribution is 5.94. The monoisotopic (exact) mass is 473 g/mol. The number of aryl methyl sites for hydroxylation is 2. The van der Waals surface area contributed by atoms with Crippen molar-refractivity contribution in [2.75, 3.05) is 0 Å². The molecule has 2 aliphatic carbocycles. The largest absolute Gasteiger partial charge is 0.366 e. The molecule has 5 rings (SSSR count). The van der Waals surface area contributed by atoms with Gasteiger partial charge in [0.2, 0.25) is 11.8 Å². The van der Waals surface area contributed by atoms with Crippen LogP contribution in [0.5, 0.6) is 0 Å². The normalized spacial score (nSPS) is 18.2. The first kappa shape index (κ1) is 23.2. The maximum absolute atomic E-state index is 12.0. The fourth-order valence-electron chi connectivity index (χ4n) is 6.15. The topological polar surface area (TPSA) is 167 Å². The summed E-state index contributed by atoms with van der Waals surface area (Å²) in [4.78, 5) is 24.0. The summed E-state index contributed by atoms with van der Waals surface area (Å²) in [6, 6.07) is 11.1. The van der Waals surface area contributed by atoms with E-state index in [4.69, 9.17) is 17.2 Å². The van der Waals surface area contributed by atoms with Crippen LogP contribution in [0.3, 0.4) is 0 Å². The second-order valence-corrected chi connectivity index (χ2v) is 9.89. The standard InChI is InChI=1S/C26H31N7O2/c27-22(15-4-2-1-3-5-15)14-26(25-30-32-33-31-25)20-10-8-18(23(28)34)12-16(20)6-7-17-13-19(24(29)35)9-11-21(17)26/h8-13,15,22H,1-7,14,27H2,(H2,28,34)(H2,29,35)(H,30,31,32,33)/t22-/m1/s1. The van der Waals surface area contributed by atoms with Crippen molar-refractivity contribution < 1.29 is 9.59 Å². The molecular weight excluding hydrogens is 442 g/mol. The van der Waals surface area contributed by atoms with Crippen LogP contribution in [0.4, 0.5) is 0 Å². The predicted octanol–water partition coefficient (Wildman–Crippen LogP) is 2.13. The molecule has 2 amide bonds. The summed E-state index contributed by atoms with van der Waals surface area (Å²) in [7, 11) is 0. The minimum atomic E-state index is -0.784. The van der Waals surface area contributed by atoms with E-state index in [2.05, 4.69) is 20.6 Å². The number of nitrogens with zero attached hydrogens (tertiary/aromatic N) is 3. The van der Waals surface area contributed by atoms with E-state index in [0.717, 1.165) is 35.1 Å². The molecule has 1 atom stereocenters. The Morgan fingerprint density at radius 1 is 0.943 bits per heavy atom. The minimum absolute atomic E-state index is 0.0918. The average Bonchev–Trinajstić information content (AvgIpc) is 3.37. The van der Waals surface area contributed by atoms with Crippen LogP contribution in [0.1, 0.15) is 87.3 Å². The van der Waals surface area contributed by atoms with Gasteiger partial charge in [-0.15, -0.1) is 5.10 Å². The Labute approximate surface area is 203 Å². The van der Waals surface area contributed by atoms with Crippen LogP contribution in [-0.4, -0.2) is 38.5 Å². The van der Waals surface area contributed by atoms with E-state index in [1.165, 1.54) is 19.3 Å². The Kier molecular flexibility index (Phi) is 6.10. The van der Waals surface area contributed by atoms with Crippen LogP contribution in [0, 0.1) is 5.92 Å². The molecule has 0 radical (unpaired) electrons. The second kappa shape index (κ2) is 9.22. The van der Waals surface area contributed by atoms with E-state index in [1.54, 1.807) is 12.1 Å². The molecular formula is C26H31N7O2. The third kappa shape index (κ3) is 4.10. The summed E-state index contributed by atoms with van der Waals surface area (Å²) in [6.45, 7) is 0. The van der Waals surface area contributed by atoms with Gasteiger partial charge >= 0.3 is 0 Å². The first-order chi connectivity index (χ1) is 16.9. The number of aromatic nitrogens is 4. The van der Waals surface area contributed by atoms with E-state index >= 15 is 0 Å². The number of carbonyl (C=O) groups is 2. The number of fused-ring (bicyclic) bond motifs is 2. The highest BCUT2D eigenvalue weighted by atomic mass is 16.1. The minimum Gasteiger partial charge on any atom is -0.366 e. The first-order valence-corrected chi connectivity index (χ1v) is 12.3. The SMILES string of the molecule is NC(=O)c1ccc2c(c1)CCc1cc(C(N)=O)ccc1C2(C[C@@H](N)C1CCCCC1)c1nnn[nH]1. The Balaban J connectivity index is 1.75. The smallest absolute Gasteiger partial charge is 0.248 e. The Morgan fingerprint density at radius 3 is 2.00 bits per heavy atom. The second-order valence-electron chi connectivity index (χ2n) is 9.89. The maximum Gasteiger partial charge on any atom is 0.248 e. The van der Waals surface area contributed by atoms with Gasteiger partial charge in [0.15, 0.2) is 5.82 Å². The van der Waals surface area contributed by atoms with E-state index in [-0.39, 0.29) is 6.04 Å². The van der Waals surface area contributed by atoms with Gasteiger partial charge in [-0.2, -0.15) is 0 Å². The summed E-state index contributed by atoms with van der Waals surface area (Å²) < 4.78 is 0. The highest BCUT2D eigenvalue weighted by Crippen LogP contribution is 2.48. The summed E-state index contributed by atoms with van der Waals surface area (Å²) in [5, 5.41) is 15.3. The molecule has 182 valence electrons. The van der Waals surface area contributed by atoms with E-state index in [1.807, 2.05) is 24.3 Å². The molecule has 2 aliphatic rings. The molecule has 0 bridgehead atoms. The van der Waals surface area contributed by atoms with Crippen molar-refractivity contribution in [3.8, 4) is 0 Å². The number of tetrazole rings is 1. The fourth-order valence-corrected chi connectivity index (χ4v) is 6.15. The van der Waals surface area contributed by atoms with Gasteiger partial charge in [0.1, 0.15) is 0 Å². The van der Waals surface area contributed by atoms with Crippen LogP contribution in [0.15, 0.2) is 36.4 Å². The van der Waals surface area contributed by atoms with Crippen molar-refractivity contribution in [1.29, 1.82) is 0 Å². The average molecular weight is 474 g/mol. The number of amides is 2. The fraction of sp³-hybridized carbons (Fsp3) is 0.423. The van der Waals surface area contributed by atoms with Crippen molar-refractivity contribution in [2.24, 2.45) is 23.1 Å². The molecule has 1 saturated carbocycles. The number of hydrogen-bond acceptors (Lipinski definition) is 6. The van der Waals surface area contributed by atoms with E-state index in [0.29, 0.717) is 42.1 Å². The molecule has 0 aliphatic heterocycles. The molecule has 9 nitrogen and oxygen atoms in total. The molecule has 1 aromatic heterocycles. The van der Waals surface area contributed by atoms with Gasteiger partial charge in [-0.25, -0.2) is 5.10 Å². The number of benzene rings is 2. The highest BCUT2D eigenvalue weighted by Gasteiger charge is 2.46. The maximum atomic E-state index is 12.0. The Bertz CT molecular complexity index is 1180. The van der Waals surface area contributed by atoms with Crippen molar-refractivity contribution >= 4 is 11.8 Å². The molecule has 1 fully saturated rings. The molecule has 1 heterocycles. The number of aromatic amines is 1. The van der Waals surface area contributed by atoms with Gasteiger partial charge in [0, 0.05) is 17.2 Å². The number of hydrogen-bond donors (Lipinski definition) is 4. The predicted molar refractivity (Wildman–Crippen MR) is 131 cm³/mol. The van der Waals surface area contributed by atoms with Gasteiger partial charge in [0.05, 0.1) is 5.41 Å². The molecule has 0 unspecified atom stereocenters. The zero-order valence-corrected chi connectivity index (χ0v) is 19.7. The van der Waals surface area contributed by atoms with Crippen molar-refractivity contribution in [2.45, 2.75) is 62.8 Å². The van der Waals surface area contributed by atoms with E-state index < -0.39 is 17.2 Å². The molecule has 0 saturated heterocycles. The van der Waals surface area contributed by atoms with Gasteiger partial charge < -0.3 is 17.2 Å². The molecule has 2 aromatic carbocycles. The molecule has 0 spiro atoms. The first-order valence-electron chi connectivity index (χ1n) is 12.3. The lowest BCUT2D eigenvalue weighted by Crippen LogP contribution is -2.43. The quantitative estimate of drug-likeness (QED) is 0.428. The summed E-state index contributed by atoms with van der Waals surface area (Å²) >= 11 is 0. The van der Waals surface area contributed by atoms with Crippen LogP contribution in [0.2, 0.25) is 0 Å². The lowest BCUT2D eigenvalue weighted by Gasteiger charge is -2.39. The molecule has 3 aromatic rings. The lowest BCUT2D eigenvalue weighted by atomic mass is 9.65. The third-order valence-corrected chi connectivity index (χ3v) is 7.91. The molecule has 7 N–H and O–H groups in total. The van der Waals surface area contributed by atoms with E-state index in [9.17, 15) is 9.59 Å².